The number of rotatable bonds is 3. The first-order valence-electron chi connectivity index (χ1n) is 9.71. The number of nitrogens with zero attached hydrogens (tertiary/aromatic N) is 3. The molecule has 0 aromatic rings. The molecule has 2 atom stereocenters. The quantitative estimate of drug-likeness (QED) is 0.793. The monoisotopic (exact) mass is 305 g/mol. The van der Waals surface area contributed by atoms with Gasteiger partial charge in [-0.1, -0.05) is 0 Å². The Bertz CT molecular complexity index is 399. The number of hydrogen-bond acceptors (Lipinski definition) is 3. The van der Waals surface area contributed by atoms with E-state index < -0.39 is 0 Å². The van der Waals surface area contributed by atoms with Gasteiger partial charge in [0.15, 0.2) is 0 Å². The predicted octanol–water partition coefficient (Wildman–Crippen LogP) is 2.52. The molecule has 3 heteroatoms. The minimum atomic E-state index is 0.681. The molecule has 0 N–H and O–H groups in total. The molecule has 3 saturated heterocycles. The summed E-state index contributed by atoms with van der Waals surface area (Å²) in [5, 5.41) is 0. The molecule has 0 radical (unpaired) electrons. The average Bonchev–Trinajstić information content (AvgIpc) is 2.86. The van der Waals surface area contributed by atoms with Crippen LogP contribution in [0, 0.1) is 17.3 Å². The van der Waals surface area contributed by atoms with Gasteiger partial charge in [0, 0.05) is 37.8 Å². The maximum absolute atomic E-state index is 2.90. The van der Waals surface area contributed by atoms with Crippen molar-refractivity contribution in [1.82, 2.24) is 14.7 Å². The van der Waals surface area contributed by atoms with E-state index in [1.54, 1.807) is 0 Å². The normalized spacial score (nSPS) is 39.3. The van der Waals surface area contributed by atoms with Crippen LogP contribution in [-0.2, 0) is 0 Å². The highest BCUT2D eigenvalue weighted by molar-refractivity contribution is 5.13. The second-order valence-electron chi connectivity index (χ2n) is 9.22. The van der Waals surface area contributed by atoms with E-state index in [1.807, 2.05) is 0 Å². The molecule has 0 aromatic heterocycles. The molecule has 22 heavy (non-hydrogen) atoms. The Morgan fingerprint density at radius 1 is 0.773 bits per heavy atom. The van der Waals surface area contributed by atoms with Gasteiger partial charge in [-0.25, -0.2) is 0 Å². The van der Waals surface area contributed by atoms with Crippen LogP contribution in [0.4, 0.5) is 0 Å². The van der Waals surface area contributed by atoms with Gasteiger partial charge in [0.25, 0.3) is 0 Å². The fraction of sp³-hybridized carbons (Fsp3) is 1.00. The highest BCUT2D eigenvalue weighted by atomic mass is 15.3. The lowest BCUT2D eigenvalue weighted by Gasteiger charge is -2.41. The van der Waals surface area contributed by atoms with Gasteiger partial charge in [-0.3, -0.25) is 4.90 Å². The van der Waals surface area contributed by atoms with Gasteiger partial charge in [-0.05, 0) is 83.8 Å². The second kappa shape index (κ2) is 5.46. The van der Waals surface area contributed by atoms with E-state index in [4.69, 9.17) is 0 Å². The SMILES string of the molecule is CC(C)N1CCC2(CC1)CCN(C1C3CN(C(C)C)CC31)C2. The Labute approximate surface area is 137 Å². The van der Waals surface area contributed by atoms with E-state index in [0.717, 1.165) is 30.0 Å². The molecule has 3 nitrogen and oxygen atoms in total. The summed E-state index contributed by atoms with van der Waals surface area (Å²) in [6, 6.07) is 2.44. The molecule has 1 spiro atoms. The highest BCUT2D eigenvalue weighted by Gasteiger charge is 2.60. The predicted molar refractivity (Wildman–Crippen MR) is 92.0 cm³/mol. The second-order valence-corrected chi connectivity index (χ2v) is 9.22. The summed E-state index contributed by atoms with van der Waals surface area (Å²) in [5.74, 6) is 2.02. The van der Waals surface area contributed by atoms with Crippen LogP contribution >= 0.6 is 0 Å². The van der Waals surface area contributed by atoms with E-state index in [9.17, 15) is 0 Å². The average molecular weight is 306 g/mol. The van der Waals surface area contributed by atoms with Crippen LogP contribution < -0.4 is 0 Å². The largest absolute Gasteiger partial charge is 0.301 e. The molecular weight excluding hydrogens is 270 g/mol. The van der Waals surface area contributed by atoms with Crippen molar-refractivity contribution in [2.24, 2.45) is 17.3 Å². The van der Waals surface area contributed by atoms with Crippen molar-refractivity contribution in [2.75, 3.05) is 39.3 Å². The minimum absolute atomic E-state index is 0.681. The first kappa shape index (κ1) is 15.4. The number of hydrogen-bond donors (Lipinski definition) is 0. The van der Waals surface area contributed by atoms with Crippen molar-refractivity contribution in [3.05, 3.63) is 0 Å². The summed E-state index contributed by atoms with van der Waals surface area (Å²) in [6.07, 6.45) is 4.37. The van der Waals surface area contributed by atoms with Crippen LogP contribution in [0.5, 0.6) is 0 Å². The third-order valence-corrected chi connectivity index (χ3v) is 7.39. The molecule has 3 heterocycles. The fourth-order valence-corrected chi connectivity index (χ4v) is 5.64. The van der Waals surface area contributed by atoms with Crippen molar-refractivity contribution in [3.8, 4) is 0 Å². The lowest BCUT2D eigenvalue weighted by molar-refractivity contribution is 0.0835. The molecule has 126 valence electrons. The van der Waals surface area contributed by atoms with Crippen LogP contribution in [0.1, 0.15) is 47.0 Å². The molecule has 4 rings (SSSR count). The van der Waals surface area contributed by atoms with Gasteiger partial charge in [0.1, 0.15) is 0 Å². The van der Waals surface area contributed by atoms with Gasteiger partial charge in [0.05, 0.1) is 0 Å². The van der Waals surface area contributed by atoms with Crippen LogP contribution in [0.15, 0.2) is 0 Å². The molecular formula is C19H35N3. The van der Waals surface area contributed by atoms with Crippen molar-refractivity contribution < 1.29 is 0 Å². The van der Waals surface area contributed by atoms with E-state index in [-0.39, 0.29) is 0 Å². The Hall–Kier alpha value is -0.120. The zero-order valence-electron chi connectivity index (χ0n) is 15.1. The molecule has 4 fully saturated rings. The zero-order valence-corrected chi connectivity index (χ0v) is 15.1. The molecule has 2 unspecified atom stereocenters. The molecule has 3 aliphatic heterocycles. The number of likely N-dealkylation sites (tertiary alicyclic amines) is 3. The molecule has 0 bridgehead atoms. The smallest absolute Gasteiger partial charge is 0.0184 e. The number of fused-ring (bicyclic) bond motifs is 1. The lowest BCUT2D eigenvalue weighted by atomic mass is 9.77. The van der Waals surface area contributed by atoms with Crippen LogP contribution in [0.25, 0.3) is 0 Å². The highest BCUT2D eigenvalue weighted by Crippen LogP contribution is 2.53. The third kappa shape index (κ3) is 2.53. The Kier molecular flexibility index (Phi) is 3.82. The van der Waals surface area contributed by atoms with E-state index in [0.29, 0.717) is 5.41 Å². The van der Waals surface area contributed by atoms with Crippen molar-refractivity contribution in [2.45, 2.75) is 65.1 Å². The van der Waals surface area contributed by atoms with Crippen molar-refractivity contribution in [3.63, 3.8) is 0 Å². The van der Waals surface area contributed by atoms with Gasteiger partial charge >= 0.3 is 0 Å². The number of piperidine rings is 2. The summed E-state index contributed by atoms with van der Waals surface area (Å²) in [6.45, 7) is 17.6. The maximum atomic E-state index is 2.90. The Morgan fingerprint density at radius 3 is 1.86 bits per heavy atom. The summed E-state index contributed by atoms with van der Waals surface area (Å²) in [4.78, 5) is 8.27. The Balaban J connectivity index is 1.30. The fourth-order valence-electron chi connectivity index (χ4n) is 5.64. The third-order valence-electron chi connectivity index (χ3n) is 7.39. The van der Waals surface area contributed by atoms with Gasteiger partial charge in [-0.15, -0.1) is 0 Å². The first-order valence-corrected chi connectivity index (χ1v) is 9.71. The minimum Gasteiger partial charge on any atom is -0.301 e. The standard InChI is InChI=1S/C19H35N3/c1-14(2)20-8-5-19(6-9-20)7-10-21(13-19)18-16-11-22(15(3)4)12-17(16)18/h14-18H,5-13H2,1-4H3. The van der Waals surface area contributed by atoms with Crippen molar-refractivity contribution >= 4 is 0 Å². The van der Waals surface area contributed by atoms with Crippen molar-refractivity contribution in [1.29, 1.82) is 0 Å². The van der Waals surface area contributed by atoms with Crippen LogP contribution in [-0.4, -0.2) is 72.1 Å². The van der Waals surface area contributed by atoms with Crippen LogP contribution in [0.2, 0.25) is 0 Å². The summed E-state index contributed by atoms with van der Waals surface area (Å²) in [7, 11) is 0. The molecule has 1 saturated carbocycles. The van der Waals surface area contributed by atoms with Crippen LogP contribution in [0.3, 0.4) is 0 Å². The Morgan fingerprint density at radius 2 is 1.32 bits per heavy atom. The molecule has 0 amide bonds. The van der Waals surface area contributed by atoms with Gasteiger partial charge in [-0.2, -0.15) is 0 Å². The molecule has 1 aliphatic carbocycles. The summed E-state index contributed by atoms with van der Waals surface area (Å²) >= 11 is 0. The zero-order chi connectivity index (χ0) is 15.5. The lowest BCUT2D eigenvalue weighted by Crippen LogP contribution is -2.45. The van der Waals surface area contributed by atoms with Gasteiger partial charge < -0.3 is 9.80 Å². The van der Waals surface area contributed by atoms with E-state index >= 15 is 0 Å². The molecule has 4 aliphatic rings. The summed E-state index contributed by atoms with van der Waals surface area (Å²) in [5.41, 5.74) is 0.681. The maximum Gasteiger partial charge on any atom is 0.0184 e. The topological polar surface area (TPSA) is 9.72 Å². The van der Waals surface area contributed by atoms with E-state index in [2.05, 4.69) is 42.4 Å². The summed E-state index contributed by atoms with van der Waals surface area (Å²) < 4.78 is 0. The first-order chi connectivity index (χ1) is 10.5. The van der Waals surface area contributed by atoms with E-state index in [1.165, 1.54) is 58.5 Å². The molecule has 0 aromatic carbocycles. The van der Waals surface area contributed by atoms with Gasteiger partial charge in [0.2, 0.25) is 0 Å².